The first-order valence-corrected chi connectivity index (χ1v) is 6.87. The molecule has 20 heavy (non-hydrogen) atoms. The molecule has 2 aromatic rings. The van der Waals surface area contributed by atoms with E-state index in [1.165, 1.54) is 0 Å². The third kappa shape index (κ3) is 2.97. The molecule has 0 aromatic heterocycles. The van der Waals surface area contributed by atoms with Gasteiger partial charge in [-0.05, 0) is 48.7 Å². The summed E-state index contributed by atoms with van der Waals surface area (Å²) in [4.78, 5) is 11.3. The topological polar surface area (TPSA) is 37.3 Å². The fourth-order valence-electron chi connectivity index (χ4n) is 1.93. The Kier molecular flexibility index (Phi) is 4.07. The monoisotopic (exact) mass is 308 g/mol. The van der Waals surface area contributed by atoms with Crippen LogP contribution in [0.2, 0.25) is 10.0 Å². The number of rotatable bonds is 3. The summed E-state index contributed by atoms with van der Waals surface area (Å²) in [6, 6.07) is 12.7. The van der Waals surface area contributed by atoms with Crippen LogP contribution in [0.1, 0.15) is 19.4 Å². The Hall–Kier alpha value is -1.51. The second-order valence-corrected chi connectivity index (χ2v) is 6.04. The zero-order valence-corrected chi connectivity index (χ0v) is 12.7. The highest BCUT2D eigenvalue weighted by Crippen LogP contribution is 2.31. The Morgan fingerprint density at radius 3 is 2.15 bits per heavy atom. The summed E-state index contributed by atoms with van der Waals surface area (Å²) >= 11 is 12.0. The van der Waals surface area contributed by atoms with Crippen molar-refractivity contribution in [3.63, 3.8) is 0 Å². The minimum atomic E-state index is -0.946. The minimum absolute atomic E-state index is 0.551. The van der Waals surface area contributed by atoms with Gasteiger partial charge in [0.05, 0.1) is 5.41 Å². The molecule has 0 saturated heterocycles. The molecule has 1 N–H and O–H groups in total. The molecule has 0 fully saturated rings. The van der Waals surface area contributed by atoms with Gasteiger partial charge < -0.3 is 5.11 Å². The predicted octanol–water partition coefficient (Wildman–Crippen LogP) is 5.02. The van der Waals surface area contributed by atoms with Crippen LogP contribution in [0.5, 0.6) is 0 Å². The fourth-order valence-corrected chi connectivity index (χ4v) is 2.46. The van der Waals surface area contributed by atoms with E-state index in [9.17, 15) is 9.90 Å². The van der Waals surface area contributed by atoms with Crippen molar-refractivity contribution in [1.82, 2.24) is 0 Å². The number of aliphatic carboxylic acids is 1. The van der Waals surface area contributed by atoms with Crippen molar-refractivity contribution in [2.75, 3.05) is 0 Å². The molecule has 0 spiro atoms. The van der Waals surface area contributed by atoms with Crippen LogP contribution in [0.15, 0.2) is 42.5 Å². The van der Waals surface area contributed by atoms with Crippen molar-refractivity contribution in [1.29, 1.82) is 0 Å². The van der Waals surface area contributed by atoms with Crippen LogP contribution in [0.25, 0.3) is 11.1 Å². The van der Waals surface area contributed by atoms with E-state index in [1.54, 1.807) is 32.0 Å². The molecule has 104 valence electrons. The van der Waals surface area contributed by atoms with E-state index in [1.807, 2.05) is 24.3 Å². The second-order valence-electron chi connectivity index (χ2n) is 5.17. The zero-order chi connectivity index (χ0) is 14.9. The average Bonchev–Trinajstić information content (AvgIpc) is 2.37. The number of halogens is 2. The van der Waals surface area contributed by atoms with E-state index in [0.717, 1.165) is 16.7 Å². The molecule has 0 bridgehead atoms. The number of carboxylic acid groups (broad SMARTS) is 1. The van der Waals surface area contributed by atoms with Gasteiger partial charge in [-0.25, -0.2) is 0 Å². The molecular formula is C16H14Cl2O2. The lowest BCUT2D eigenvalue weighted by Crippen LogP contribution is -2.28. The van der Waals surface area contributed by atoms with Crippen LogP contribution in [0, 0.1) is 0 Å². The van der Waals surface area contributed by atoms with Crippen LogP contribution >= 0.6 is 23.2 Å². The molecule has 0 aliphatic rings. The summed E-state index contributed by atoms with van der Waals surface area (Å²) in [5, 5.41) is 10.4. The van der Waals surface area contributed by atoms with Gasteiger partial charge in [-0.3, -0.25) is 4.79 Å². The standard InChI is InChI=1S/C16H14Cl2O2/c1-16(2,15(19)20)12-5-3-4-10(6-12)11-7-13(17)9-14(18)8-11/h3-9H,1-2H3,(H,19,20). The molecule has 2 nitrogen and oxygen atoms in total. The van der Waals surface area contributed by atoms with Crippen LogP contribution < -0.4 is 0 Å². The molecular weight excluding hydrogens is 295 g/mol. The van der Waals surface area contributed by atoms with Crippen molar-refractivity contribution in [3.05, 3.63) is 58.1 Å². The number of hydrogen-bond acceptors (Lipinski definition) is 1. The first-order chi connectivity index (χ1) is 9.30. The molecule has 0 unspecified atom stereocenters. The molecule has 4 heteroatoms. The van der Waals surface area contributed by atoms with Gasteiger partial charge in [0.25, 0.3) is 0 Å². The van der Waals surface area contributed by atoms with Gasteiger partial charge in [0.2, 0.25) is 0 Å². The summed E-state index contributed by atoms with van der Waals surface area (Å²) in [6.07, 6.45) is 0. The van der Waals surface area contributed by atoms with Gasteiger partial charge in [-0.1, -0.05) is 47.5 Å². The molecule has 0 atom stereocenters. The van der Waals surface area contributed by atoms with Gasteiger partial charge in [-0.2, -0.15) is 0 Å². The second kappa shape index (κ2) is 5.47. The maximum atomic E-state index is 11.3. The first-order valence-electron chi connectivity index (χ1n) is 6.11. The lowest BCUT2D eigenvalue weighted by molar-refractivity contribution is -0.142. The fraction of sp³-hybridized carbons (Fsp3) is 0.188. The Morgan fingerprint density at radius 1 is 1.00 bits per heavy atom. The highest BCUT2D eigenvalue weighted by Gasteiger charge is 2.29. The first kappa shape index (κ1) is 14.9. The molecule has 0 heterocycles. The molecule has 2 rings (SSSR count). The Bertz CT molecular complexity index is 643. The lowest BCUT2D eigenvalue weighted by Gasteiger charge is -2.20. The molecule has 0 aliphatic heterocycles. The van der Waals surface area contributed by atoms with Crippen molar-refractivity contribution >= 4 is 29.2 Å². The van der Waals surface area contributed by atoms with Gasteiger partial charge in [-0.15, -0.1) is 0 Å². The Balaban J connectivity index is 2.52. The number of carboxylic acids is 1. The Labute approximate surface area is 128 Å². The highest BCUT2D eigenvalue weighted by atomic mass is 35.5. The van der Waals surface area contributed by atoms with E-state index in [-0.39, 0.29) is 0 Å². The van der Waals surface area contributed by atoms with E-state index in [0.29, 0.717) is 10.0 Å². The Morgan fingerprint density at radius 2 is 1.60 bits per heavy atom. The van der Waals surface area contributed by atoms with Crippen LogP contribution in [0.3, 0.4) is 0 Å². The normalized spacial score (nSPS) is 11.4. The highest BCUT2D eigenvalue weighted by molar-refractivity contribution is 6.35. The molecule has 0 aliphatic carbocycles. The van der Waals surface area contributed by atoms with Gasteiger partial charge >= 0.3 is 5.97 Å². The molecule has 0 amide bonds. The zero-order valence-electron chi connectivity index (χ0n) is 11.2. The quantitative estimate of drug-likeness (QED) is 0.864. The maximum Gasteiger partial charge on any atom is 0.313 e. The van der Waals surface area contributed by atoms with Crippen molar-refractivity contribution in [2.45, 2.75) is 19.3 Å². The summed E-state index contributed by atoms with van der Waals surface area (Å²) < 4.78 is 0. The summed E-state index contributed by atoms with van der Waals surface area (Å²) in [5.41, 5.74) is 1.55. The smallest absolute Gasteiger partial charge is 0.313 e. The van der Waals surface area contributed by atoms with E-state index in [2.05, 4.69) is 0 Å². The number of hydrogen-bond donors (Lipinski definition) is 1. The summed E-state index contributed by atoms with van der Waals surface area (Å²) in [5.74, 6) is -0.862. The van der Waals surface area contributed by atoms with Crippen molar-refractivity contribution in [2.24, 2.45) is 0 Å². The van der Waals surface area contributed by atoms with Gasteiger partial charge in [0, 0.05) is 10.0 Å². The largest absolute Gasteiger partial charge is 0.481 e. The van der Waals surface area contributed by atoms with E-state index < -0.39 is 11.4 Å². The van der Waals surface area contributed by atoms with Gasteiger partial charge in [0.1, 0.15) is 0 Å². The molecule has 0 radical (unpaired) electrons. The van der Waals surface area contributed by atoms with Crippen LogP contribution in [0.4, 0.5) is 0 Å². The van der Waals surface area contributed by atoms with Crippen molar-refractivity contribution < 1.29 is 9.90 Å². The summed E-state index contributed by atoms with van der Waals surface area (Å²) in [7, 11) is 0. The number of benzene rings is 2. The van der Waals surface area contributed by atoms with E-state index in [4.69, 9.17) is 23.2 Å². The predicted molar refractivity (Wildman–Crippen MR) is 82.6 cm³/mol. The SMILES string of the molecule is CC(C)(C(=O)O)c1cccc(-c2cc(Cl)cc(Cl)c2)c1. The third-order valence-electron chi connectivity index (χ3n) is 3.31. The lowest BCUT2D eigenvalue weighted by atomic mass is 9.83. The molecule has 0 saturated carbocycles. The molecule has 2 aromatic carbocycles. The van der Waals surface area contributed by atoms with Crippen LogP contribution in [-0.4, -0.2) is 11.1 Å². The van der Waals surface area contributed by atoms with Gasteiger partial charge in [0.15, 0.2) is 0 Å². The minimum Gasteiger partial charge on any atom is -0.481 e. The average molecular weight is 309 g/mol. The third-order valence-corrected chi connectivity index (χ3v) is 3.75. The van der Waals surface area contributed by atoms with Crippen molar-refractivity contribution in [3.8, 4) is 11.1 Å². The van der Waals surface area contributed by atoms with Crippen LogP contribution in [-0.2, 0) is 10.2 Å². The number of carbonyl (C=O) groups is 1. The van der Waals surface area contributed by atoms with E-state index >= 15 is 0 Å². The summed E-state index contributed by atoms with van der Waals surface area (Å²) in [6.45, 7) is 3.36. The maximum absolute atomic E-state index is 11.3.